The number of benzene rings is 2. The van der Waals surface area contributed by atoms with Gasteiger partial charge in [0.05, 0.1) is 41.0 Å². The zero-order valence-corrected chi connectivity index (χ0v) is 17.4. The molecule has 4 nitrogen and oxygen atoms in total. The van der Waals surface area contributed by atoms with Crippen molar-refractivity contribution in [3.63, 3.8) is 0 Å². The molecule has 1 aliphatic heterocycles. The molecule has 1 atom stereocenters. The number of carbonyl (C=O) groups excluding carboxylic acids is 1. The molecule has 158 valence electrons. The van der Waals surface area contributed by atoms with Crippen LogP contribution >= 0.6 is 22.9 Å². The first-order valence-electron chi connectivity index (χ1n) is 9.17. The lowest BCUT2D eigenvalue weighted by Gasteiger charge is -2.24. The van der Waals surface area contributed by atoms with Gasteiger partial charge in [0.15, 0.2) is 5.78 Å². The predicted molar refractivity (Wildman–Crippen MR) is 112 cm³/mol. The molecule has 0 saturated heterocycles. The van der Waals surface area contributed by atoms with Crippen molar-refractivity contribution in [3.8, 4) is 11.8 Å². The minimum atomic E-state index is -4.64. The van der Waals surface area contributed by atoms with Gasteiger partial charge in [-0.05, 0) is 54.3 Å². The van der Waals surface area contributed by atoms with Crippen LogP contribution in [0.3, 0.4) is 0 Å². The lowest BCUT2D eigenvalue weighted by Crippen LogP contribution is -2.29. The zero-order valence-electron chi connectivity index (χ0n) is 15.8. The van der Waals surface area contributed by atoms with Crippen LogP contribution in [0.25, 0.3) is 0 Å². The molecule has 0 spiro atoms. The molecule has 1 unspecified atom stereocenters. The Morgan fingerprint density at radius 2 is 2.03 bits per heavy atom. The molecule has 2 aromatic carbocycles. The summed E-state index contributed by atoms with van der Waals surface area (Å²) in [6, 6.07) is 11.7. The topological polar surface area (TPSA) is 62.1 Å². The van der Waals surface area contributed by atoms with Crippen molar-refractivity contribution in [2.75, 3.05) is 11.9 Å². The summed E-state index contributed by atoms with van der Waals surface area (Å²) in [5, 5.41) is 14.2. The third-order valence-electron chi connectivity index (χ3n) is 4.92. The molecule has 0 amide bonds. The van der Waals surface area contributed by atoms with E-state index in [0.29, 0.717) is 28.4 Å². The molecular formula is C22H14ClF3N2O2S. The second-order valence-corrected chi connectivity index (χ2v) is 8.41. The van der Waals surface area contributed by atoms with Crippen LogP contribution < -0.4 is 10.1 Å². The van der Waals surface area contributed by atoms with Gasteiger partial charge in [-0.3, -0.25) is 4.79 Å². The largest absolute Gasteiger partial charge is 0.492 e. The van der Waals surface area contributed by atoms with Gasteiger partial charge in [0.1, 0.15) is 5.75 Å². The van der Waals surface area contributed by atoms with E-state index in [-0.39, 0.29) is 18.1 Å². The molecular weight excluding hydrogens is 449 g/mol. The van der Waals surface area contributed by atoms with Gasteiger partial charge >= 0.3 is 6.18 Å². The highest BCUT2D eigenvalue weighted by Crippen LogP contribution is 2.37. The summed E-state index contributed by atoms with van der Waals surface area (Å²) in [6.07, 6.45) is -4.27. The number of carbonyl (C=O) groups is 1. The second-order valence-electron chi connectivity index (χ2n) is 6.97. The molecule has 31 heavy (non-hydrogen) atoms. The molecule has 0 bridgehead atoms. The minimum Gasteiger partial charge on any atom is -0.492 e. The number of fused-ring (bicyclic) bond motifs is 1. The van der Waals surface area contributed by atoms with Gasteiger partial charge in [-0.15, -0.1) is 11.3 Å². The maximum absolute atomic E-state index is 13.2. The summed E-state index contributed by atoms with van der Waals surface area (Å²) < 4.78 is 45.4. The van der Waals surface area contributed by atoms with Gasteiger partial charge in [-0.2, -0.15) is 18.4 Å². The second kappa shape index (κ2) is 8.25. The van der Waals surface area contributed by atoms with Gasteiger partial charge in [0.2, 0.25) is 0 Å². The van der Waals surface area contributed by atoms with Gasteiger partial charge in [-0.1, -0.05) is 11.6 Å². The lowest BCUT2D eigenvalue weighted by atomic mass is 9.91. The van der Waals surface area contributed by atoms with Crippen LogP contribution in [0.2, 0.25) is 5.02 Å². The van der Waals surface area contributed by atoms with E-state index >= 15 is 0 Å². The Morgan fingerprint density at radius 3 is 2.77 bits per heavy atom. The average Bonchev–Trinajstić information content (AvgIpc) is 3.16. The Bertz CT molecular complexity index is 1200. The van der Waals surface area contributed by atoms with Gasteiger partial charge in [0, 0.05) is 15.6 Å². The summed E-state index contributed by atoms with van der Waals surface area (Å²) in [7, 11) is 0. The van der Waals surface area contributed by atoms with E-state index in [4.69, 9.17) is 21.6 Å². The molecule has 3 aromatic rings. The highest BCUT2D eigenvalue weighted by molar-refractivity contribution is 7.10. The average molecular weight is 463 g/mol. The number of nitriles is 1. The van der Waals surface area contributed by atoms with Crippen molar-refractivity contribution in [1.29, 1.82) is 5.26 Å². The van der Waals surface area contributed by atoms with Crippen LogP contribution in [0.1, 0.15) is 26.4 Å². The summed E-state index contributed by atoms with van der Waals surface area (Å²) in [6.45, 7) is 0.208. The molecule has 0 aliphatic carbocycles. The SMILES string of the molecule is N#Cc1ccc(Nc2ccsc2CC2COc3ccc(Cl)cc3C2=O)cc1C(F)(F)F. The fraction of sp³-hybridized carbons (Fsp3) is 0.182. The van der Waals surface area contributed by atoms with Crippen molar-refractivity contribution in [3.05, 3.63) is 74.4 Å². The fourth-order valence-electron chi connectivity index (χ4n) is 3.40. The van der Waals surface area contributed by atoms with Crippen molar-refractivity contribution < 1.29 is 22.7 Å². The molecule has 4 rings (SSSR count). The summed E-state index contributed by atoms with van der Waals surface area (Å²) >= 11 is 7.39. The maximum atomic E-state index is 13.2. The molecule has 1 aliphatic rings. The van der Waals surface area contributed by atoms with E-state index in [1.54, 1.807) is 35.7 Å². The third kappa shape index (κ3) is 4.38. The highest BCUT2D eigenvalue weighted by atomic mass is 35.5. The van der Waals surface area contributed by atoms with E-state index in [2.05, 4.69) is 5.32 Å². The van der Waals surface area contributed by atoms with E-state index in [1.165, 1.54) is 17.4 Å². The van der Waals surface area contributed by atoms with Crippen LogP contribution in [-0.4, -0.2) is 12.4 Å². The molecule has 0 saturated carbocycles. The van der Waals surface area contributed by atoms with Gasteiger partial charge in [-0.25, -0.2) is 0 Å². The minimum absolute atomic E-state index is 0.0826. The number of nitrogens with one attached hydrogen (secondary N) is 1. The van der Waals surface area contributed by atoms with Crippen LogP contribution in [0, 0.1) is 17.2 Å². The highest BCUT2D eigenvalue weighted by Gasteiger charge is 2.34. The molecule has 1 aromatic heterocycles. The van der Waals surface area contributed by atoms with Crippen molar-refractivity contribution >= 4 is 40.1 Å². The number of ether oxygens (including phenoxy) is 1. The number of halogens is 4. The Balaban J connectivity index is 1.56. The van der Waals surface area contributed by atoms with E-state index < -0.39 is 23.2 Å². The van der Waals surface area contributed by atoms with Crippen LogP contribution in [-0.2, 0) is 12.6 Å². The zero-order chi connectivity index (χ0) is 22.2. The number of hydrogen-bond acceptors (Lipinski definition) is 5. The van der Waals surface area contributed by atoms with Gasteiger partial charge < -0.3 is 10.1 Å². The maximum Gasteiger partial charge on any atom is 0.417 e. The number of hydrogen-bond donors (Lipinski definition) is 1. The number of ketones is 1. The van der Waals surface area contributed by atoms with E-state index in [0.717, 1.165) is 17.0 Å². The summed E-state index contributed by atoms with van der Waals surface area (Å²) in [4.78, 5) is 13.7. The number of Topliss-reactive ketones (excluding diaryl/α,β-unsaturated/α-hetero) is 1. The standard InChI is InChI=1S/C22H14ClF3N2O2S/c23-14-2-4-19-16(8-14)21(29)13(11-30-19)7-20-18(5-6-31-20)28-15-3-1-12(10-27)17(9-15)22(24,25)26/h1-6,8-9,13,28H,7,11H2. The number of anilines is 2. The molecule has 0 fully saturated rings. The number of rotatable bonds is 4. The third-order valence-corrected chi connectivity index (χ3v) is 6.10. The van der Waals surface area contributed by atoms with Gasteiger partial charge in [0.25, 0.3) is 0 Å². The number of thiophene rings is 1. The van der Waals surface area contributed by atoms with Crippen molar-refractivity contribution in [1.82, 2.24) is 0 Å². The van der Waals surface area contributed by atoms with Crippen molar-refractivity contribution in [2.45, 2.75) is 12.6 Å². The Hall–Kier alpha value is -3.02. The number of nitrogens with zero attached hydrogens (tertiary/aromatic N) is 1. The fourth-order valence-corrected chi connectivity index (χ4v) is 4.49. The summed E-state index contributed by atoms with van der Waals surface area (Å²) in [5.74, 6) is -0.0230. The molecule has 2 heterocycles. The summed E-state index contributed by atoms with van der Waals surface area (Å²) in [5.41, 5.74) is -0.203. The first kappa shape index (κ1) is 21.2. The first-order chi connectivity index (χ1) is 14.8. The smallest absolute Gasteiger partial charge is 0.417 e. The Kier molecular flexibility index (Phi) is 5.65. The monoisotopic (exact) mass is 462 g/mol. The first-order valence-corrected chi connectivity index (χ1v) is 10.4. The normalized spacial score (nSPS) is 15.7. The van der Waals surface area contributed by atoms with E-state index in [1.807, 2.05) is 0 Å². The van der Waals surface area contributed by atoms with Crippen LogP contribution in [0.5, 0.6) is 5.75 Å². The van der Waals surface area contributed by atoms with Crippen LogP contribution in [0.4, 0.5) is 24.5 Å². The predicted octanol–water partition coefficient (Wildman–Crippen LogP) is 6.47. The van der Waals surface area contributed by atoms with Crippen LogP contribution in [0.15, 0.2) is 47.8 Å². The van der Waals surface area contributed by atoms with Crippen molar-refractivity contribution in [2.24, 2.45) is 5.92 Å². The number of alkyl halides is 3. The Labute approximate surface area is 184 Å². The quantitative estimate of drug-likeness (QED) is 0.482. The molecule has 9 heteroatoms. The molecule has 0 radical (unpaired) electrons. The molecule has 1 N–H and O–H groups in total. The van der Waals surface area contributed by atoms with E-state index in [9.17, 15) is 18.0 Å². The lowest BCUT2D eigenvalue weighted by molar-refractivity contribution is -0.137. The Morgan fingerprint density at radius 1 is 1.23 bits per heavy atom.